The predicted octanol–water partition coefficient (Wildman–Crippen LogP) is 9.59. The van der Waals surface area contributed by atoms with Crippen LogP contribution in [0.15, 0.2) is 12.1 Å². The molecule has 1 N–H and O–H groups in total. The Kier molecular flexibility index (Phi) is 14.4. The van der Waals surface area contributed by atoms with Gasteiger partial charge in [0.2, 0.25) is 0 Å². The van der Waals surface area contributed by atoms with Crippen LogP contribution in [0.5, 0.6) is 5.75 Å². The summed E-state index contributed by atoms with van der Waals surface area (Å²) in [6.45, 7) is 15.9. The zero-order valence-electron chi connectivity index (χ0n) is 21.6. The van der Waals surface area contributed by atoms with Gasteiger partial charge in [0.05, 0.1) is 0 Å². The Labute approximate surface area is 203 Å². The van der Waals surface area contributed by atoms with E-state index in [0.717, 1.165) is 34.5 Å². The number of phenols is 1. The smallest absolute Gasteiger partial charge is 0.123 e. The lowest BCUT2D eigenvalue weighted by atomic mass is 9.84. The van der Waals surface area contributed by atoms with E-state index in [4.69, 9.17) is 0 Å². The Balaban J connectivity index is 2.83. The molecule has 0 fully saturated rings. The second-order valence-corrected chi connectivity index (χ2v) is 12.3. The summed E-state index contributed by atoms with van der Waals surface area (Å²) in [7, 11) is 0. The van der Waals surface area contributed by atoms with Crippen molar-refractivity contribution in [2.24, 2.45) is 11.8 Å². The lowest BCUT2D eigenvalue weighted by Crippen LogP contribution is -2.13. The van der Waals surface area contributed by atoms with Gasteiger partial charge in [0.15, 0.2) is 0 Å². The predicted molar refractivity (Wildman–Crippen MR) is 146 cm³/mol. The first kappa shape index (κ1) is 28.8. The molecule has 0 heterocycles. The maximum absolute atomic E-state index is 11.0. The summed E-state index contributed by atoms with van der Waals surface area (Å²) < 4.78 is 0. The molecule has 0 aliphatic rings. The van der Waals surface area contributed by atoms with E-state index in [0.29, 0.717) is 5.75 Å². The van der Waals surface area contributed by atoms with E-state index in [1.807, 2.05) is 11.8 Å². The minimum atomic E-state index is -0.0374. The summed E-state index contributed by atoms with van der Waals surface area (Å²) in [5.74, 6) is 6.61. The summed E-state index contributed by atoms with van der Waals surface area (Å²) in [5, 5.41) is 11.0. The molecule has 0 aliphatic heterocycles. The maximum atomic E-state index is 11.0. The molecule has 0 aliphatic carbocycles. The van der Waals surface area contributed by atoms with Gasteiger partial charge in [-0.15, -0.1) is 0 Å². The zero-order chi connectivity index (χ0) is 23.3. The van der Waals surface area contributed by atoms with E-state index in [9.17, 15) is 5.11 Å². The molecular weight excluding hydrogens is 416 g/mol. The number of benzene rings is 1. The number of thioether (sulfide) groups is 2. The third-order valence-electron chi connectivity index (χ3n) is 6.38. The highest BCUT2D eigenvalue weighted by molar-refractivity contribution is 7.98. The van der Waals surface area contributed by atoms with Gasteiger partial charge in [-0.2, -0.15) is 23.5 Å². The number of hydrogen-bond donors (Lipinski definition) is 1. The van der Waals surface area contributed by atoms with Gasteiger partial charge in [-0.25, -0.2) is 0 Å². The van der Waals surface area contributed by atoms with E-state index >= 15 is 0 Å². The van der Waals surface area contributed by atoms with Crippen molar-refractivity contribution in [2.45, 2.75) is 117 Å². The molecule has 180 valence electrons. The Morgan fingerprint density at radius 2 is 1.32 bits per heavy atom. The highest BCUT2D eigenvalue weighted by atomic mass is 32.2. The van der Waals surface area contributed by atoms with Crippen LogP contribution in [0.3, 0.4) is 0 Å². The van der Waals surface area contributed by atoms with Crippen LogP contribution in [0.25, 0.3) is 0 Å². The number of unbranched alkanes of at least 4 members (excludes halogenated alkanes) is 2. The topological polar surface area (TPSA) is 20.2 Å². The van der Waals surface area contributed by atoms with Gasteiger partial charge in [0, 0.05) is 17.1 Å². The van der Waals surface area contributed by atoms with Gasteiger partial charge < -0.3 is 5.11 Å². The normalized spacial score (nSPS) is 14.0. The van der Waals surface area contributed by atoms with Crippen LogP contribution in [0.1, 0.15) is 117 Å². The number of hydrogen-bond acceptors (Lipinski definition) is 3. The molecule has 1 rings (SSSR count). The molecular formula is C28H50OS2. The molecule has 3 heteroatoms. The Morgan fingerprint density at radius 1 is 0.806 bits per heavy atom. The first-order valence-corrected chi connectivity index (χ1v) is 15.1. The molecule has 0 saturated heterocycles. The number of rotatable bonds is 16. The summed E-state index contributed by atoms with van der Waals surface area (Å²) in [4.78, 5) is 0. The van der Waals surface area contributed by atoms with Crippen molar-refractivity contribution in [3.05, 3.63) is 28.8 Å². The molecule has 2 atom stereocenters. The molecule has 31 heavy (non-hydrogen) atoms. The summed E-state index contributed by atoms with van der Waals surface area (Å²) in [6, 6.07) is 4.55. The number of phenolic OH excluding ortho intramolecular Hbond substituents is 1. The fraction of sp³-hybridized carbons (Fsp3) is 0.786. The fourth-order valence-corrected chi connectivity index (χ4v) is 6.55. The number of aromatic hydroxyl groups is 1. The van der Waals surface area contributed by atoms with Crippen LogP contribution >= 0.6 is 23.5 Å². The zero-order valence-corrected chi connectivity index (χ0v) is 23.2. The standard InChI is InChI=1S/C28H50OS2/c1-8-12-14-22(10-3)18-30-20-24-16-25(27(29)26(17-24)28(5,6)7)21-31-19-23(11-4)15-13-9-2/h16-17,22-23,29H,8-15,18-21H2,1-7H3. The van der Waals surface area contributed by atoms with Crippen molar-refractivity contribution in [2.75, 3.05) is 11.5 Å². The molecule has 1 aromatic carbocycles. The average Bonchev–Trinajstić information content (AvgIpc) is 2.73. The van der Waals surface area contributed by atoms with E-state index in [2.05, 4.69) is 72.4 Å². The Bertz CT molecular complexity index is 606. The molecule has 1 aromatic rings. The second-order valence-electron chi connectivity index (χ2n) is 10.3. The summed E-state index contributed by atoms with van der Waals surface area (Å²) >= 11 is 4.08. The van der Waals surface area contributed by atoms with E-state index in [-0.39, 0.29) is 5.41 Å². The van der Waals surface area contributed by atoms with Crippen molar-refractivity contribution < 1.29 is 5.11 Å². The van der Waals surface area contributed by atoms with Crippen LogP contribution < -0.4 is 0 Å². The molecule has 0 radical (unpaired) electrons. The van der Waals surface area contributed by atoms with Crippen LogP contribution in [-0.2, 0) is 16.9 Å². The molecule has 0 bridgehead atoms. The van der Waals surface area contributed by atoms with Crippen molar-refractivity contribution in [1.82, 2.24) is 0 Å². The Morgan fingerprint density at radius 3 is 1.77 bits per heavy atom. The van der Waals surface area contributed by atoms with Crippen LogP contribution in [0.4, 0.5) is 0 Å². The lowest BCUT2D eigenvalue weighted by molar-refractivity contribution is 0.442. The van der Waals surface area contributed by atoms with Crippen molar-refractivity contribution >= 4 is 23.5 Å². The first-order chi connectivity index (χ1) is 14.8. The molecule has 0 saturated carbocycles. The van der Waals surface area contributed by atoms with Crippen molar-refractivity contribution in [3.8, 4) is 5.75 Å². The minimum absolute atomic E-state index is 0.0374. The summed E-state index contributed by atoms with van der Waals surface area (Å²) in [5.41, 5.74) is 3.59. The molecule has 0 spiro atoms. The van der Waals surface area contributed by atoms with Crippen LogP contribution in [0.2, 0.25) is 0 Å². The van der Waals surface area contributed by atoms with Gasteiger partial charge >= 0.3 is 0 Å². The highest BCUT2D eigenvalue weighted by Gasteiger charge is 2.21. The first-order valence-electron chi connectivity index (χ1n) is 12.8. The second kappa shape index (κ2) is 15.5. The molecule has 0 amide bonds. The molecule has 2 unspecified atom stereocenters. The largest absolute Gasteiger partial charge is 0.507 e. The van der Waals surface area contributed by atoms with E-state index in [1.54, 1.807) is 0 Å². The van der Waals surface area contributed by atoms with Gasteiger partial charge in [0.25, 0.3) is 0 Å². The van der Waals surface area contributed by atoms with E-state index < -0.39 is 0 Å². The van der Waals surface area contributed by atoms with E-state index in [1.165, 1.54) is 68.4 Å². The van der Waals surface area contributed by atoms with Crippen LogP contribution in [0, 0.1) is 11.8 Å². The molecule has 1 nitrogen and oxygen atoms in total. The average molecular weight is 467 g/mol. The quantitative estimate of drug-likeness (QED) is 0.262. The van der Waals surface area contributed by atoms with Gasteiger partial charge in [-0.3, -0.25) is 0 Å². The summed E-state index contributed by atoms with van der Waals surface area (Å²) in [6.07, 6.45) is 10.5. The van der Waals surface area contributed by atoms with Crippen molar-refractivity contribution in [3.63, 3.8) is 0 Å². The van der Waals surface area contributed by atoms with Gasteiger partial charge in [-0.1, -0.05) is 99.1 Å². The third kappa shape index (κ3) is 10.9. The van der Waals surface area contributed by atoms with Gasteiger partial charge in [0.1, 0.15) is 5.75 Å². The molecule has 0 aromatic heterocycles. The van der Waals surface area contributed by atoms with Crippen LogP contribution in [-0.4, -0.2) is 16.6 Å². The minimum Gasteiger partial charge on any atom is -0.507 e. The lowest BCUT2D eigenvalue weighted by Gasteiger charge is -2.24. The maximum Gasteiger partial charge on any atom is 0.123 e. The SMILES string of the molecule is CCCCC(CC)CSCc1cc(CSCC(CC)CCCC)c(O)c(C(C)(C)C)c1. The monoisotopic (exact) mass is 466 g/mol. The van der Waals surface area contributed by atoms with Crippen molar-refractivity contribution in [1.29, 1.82) is 0 Å². The fourth-order valence-electron chi connectivity index (χ4n) is 4.00. The third-order valence-corrected chi connectivity index (χ3v) is 8.84. The van der Waals surface area contributed by atoms with Gasteiger partial charge in [-0.05, 0) is 52.7 Å². The highest BCUT2D eigenvalue weighted by Crippen LogP contribution is 2.37. The Hall–Kier alpha value is -0.280.